The number of hydrogen-bond acceptors (Lipinski definition) is 6. The number of carbonyl (C=O) groups is 2. The predicted octanol–water partition coefficient (Wildman–Crippen LogP) is 4.96. The van der Waals surface area contributed by atoms with Crippen molar-refractivity contribution < 1.29 is 28.5 Å². The molecule has 0 bridgehead atoms. The molecule has 0 saturated heterocycles. The highest BCUT2D eigenvalue weighted by Gasteiger charge is 2.07. The highest BCUT2D eigenvalue weighted by Crippen LogP contribution is 2.32. The average Bonchev–Trinajstić information content (AvgIpc) is 2.91. The average molecular weight is 469 g/mol. The van der Waals surface area contributed by atoms with E-state index in [4.69, 9.17) is 18.9 Å². The molecule has 0 spiro atoms. The highest BCUT2D eigenvalue weighted by atomic mass is 16.7. The largest absolute Gasteiger partial charge is 0.496 e. The number of ether oxygens (including phenoxy) is 4. The van der Waals surface area contributed by atoms with Gasteiger partial charge >= 0.3 is 5.97 Å². The zero-order valence-corrected chi connectivity index (χ0v) is 19.3. The topological polar surface area (TPSA) is 71.1 Å². The van der Waals surface area contributed by atoms with E-state index in [2.05, 4.69) is 25.0 Å². The van der Waals surface area contributed by atoms with Crippen molar-refractivity contribution in [1.29, 1.82) is 0 Å². The van der Waals surface area contributed by atoms with Gasteiger partial charge in [-0.2, -0.15) is 0 Å². The van der Waals surface area contributed by atoms with Gasteiger partial charge in [0, 0.05) is 22.8 Å². The molecule has 3 rings (SSSR count). The summed E-state index contributed by atoms with van der Waals surface area (Å²) in [6, 6.07) is 20.3. The molecule has 6 heteroatoms. The van der Waals surface area contributed by atoms with Gasteiger partial charge in [0.05, 0.1) is 7.11 Å². The molecule has 0 atom stereocenters. The Hall–Kier alpha value is -4.76. The van der Waals surface area contributed by atoms with Crippen LogP contribution in [0.15, 0.2) is 92.0 Å². The number of rotatable bonds is 10. The number of benzene rings is 3. The summed E-state index contributed by atoms with van der Waals surface area (Å²) in [4.78, 5) is 22.3. The summed E-state index contributed by atoms with van der Waals surface area (Å²) < 4.78 is 21.2. The molecule has 0 aliphatic rings. The first-order valence-corrected chi connectivity index (χ1v) is 10.6. The van der Waals surface area contributed by atoms with Crippen LogP contribution in [0.1, 0.15) is 11.1 Å². The van der Waals surface area contributed by atoms with Crippen molar-refractivity contribution in [1.82, 2.24) is 0 Å². The van der Waals surface area contributed by atoms with Crippen LogP contribution in [0.3, 0.4) is 0 Å². The monoisotopic (exact) mass is 468 g/mol. The Morgan fingerprint density at radius 2 is 1.46 bits per heavy atom. The third kappa shape index (κ3) is 7.37. The molecule has 0 saturated carbocycles. The van der Waals surface area contributed by atoms with Gasteiger partial charge in [-0.15, -0.1) is 0 Å². The van der Waals surface area contributed by atoms with Crippen molar-refractivity contribution in [3.63, 3.8) is 0 Å². The van der Waals surface area contributed by atoms with E-state index in [1.807, 2.05) is 42.5 Å². The van der Waals surface area contributed by atoms with Crippen LogP contribution >= 0.6 is 0 Å². The lowest BCUT2D eigenvalue weighted by atomic mass is 10.0. The summed E-state index contributed by atoms with van der Waals surface area (Å²) in [5.74, 6) is 7.36. The maximum absolute atomic E-state index is 11.3. The lowest BCUT2D eigenvalue weighted by Crippen LogP contribution is -2.07. The van der Waals surface area contributed by atoms with E-state index < -0.39 is 5.97 Å². The fraction of sp³-hybridized carbons (Fsp3) is 0.103. The van der Waals surface area contributed by atoms with Crippen molar-refractivity contribution in [3.05, 3.63) is 103 Å². The molecule has 0 fully saturated rings. The van der Waals surface area contributed by atoms with Gasteiger partial charge in [0.1, 0.15) is 17.2 Å². The lowest BCUT2D eigenvalue weighted by molar-refractivity contribution is -0.144. The summed E-state index contributed by atoms with van der Waals surface area (Å²) in [5, 5.41) is 0. The smallest absolute Gasteiger partial charge is 0.333 e. The van der Waals surface area contributed by atoms with Crippen LogP contribution in [0.4, 0.5) is 0 Å². The van der Waals surface area contributed by atoms with E-state index >= 15 is 0 Å². The number of hydrogen-bond donors (Lipinski definition) is 0. The Bertz CT molecular complexity index is 1260. The van der Waals surface area contributed by atoms with Gasteiger partial charge in [0.15, 0.2) is 12.4 Å². The van der Waals surface area contributed by atoms with Crippen molar-refractivity contribution in [3.8, 4) is 40.2 Å². The highest BCUT2D eigenvalue weighted by molar-refractivity contribution is 5.90. The zero-order chi connectivity index (χ0) is 25.0. The zero-order valence-electron chi connectivity index (χ0n) is 19.3. The molecule has 3 aromatic rings. The van der Waals surface area contributed by atoms with Crippen LogP contribution in [0.5, 0.6) is 17.2 Å². The maximum atomic E-state index is 11.3. The Morgan fingerprint density at radius 3 is 2.11 bits per heavy atom. The molecule has 0 aliphatic carbocycles. The fourth-order valence-corrected chi connectivity index (χ4v) is 2.94. The fourth-order valence-electron chi connectivity index (χ4n) is 2.94. The second kappa shape index (κ2) is 12.5. The van der Waals surface area contributed by atoms with E-state index in [0.29, 0.717) is 17.2 Å². The molecule has 0 N–H and O–H groups in total. The van der Waals surface area contributed by atoms with Crippen molar-refractivity contribution in [2.24, 2.45) is 0 Å². The quantitative estimate of drug-likeness (QED) is 0.181. The Balaban J connectivity index is 1.67. The van der Waals surface area contributed by atoms with Gasteiger partial charge < -0.3 is 18.9 Å². The summed E-state index contributed by atoms with van der Waals surface area (Å²) >= 11 is 0. The van der Waals surface area contributed by atoms with E-state index in [1.54, 1.807) is 31.4 Å². The second-order valence-electron chi connectivity index (χ2n) is 7.10. The van der Waals surface area contributed by atoms with Gasteiger partial charge in [-0.3, -0.25) is 4.79 Å². The van der Waals surface area contributed by atoms with E-state index in [0.717, 1.165) is 28.3 Å². The van der Waals surface area contributed by atoms with Crippen LogP contribution in [-0.4, -0.2) is 32.3 Å². The Labute approximate surface area is 204 Å². The van der Waals surface area contributed by atoms with Gasteiger partial charge in [-0.05, 0) is 66.2 Å². The minimum Gasteiger partial charge on any atom is -0.496 e. The minimum atomic E-state index is -0.544. The van der Waals surface area contributed by atoms with Crippen LogP contribution in [-0.2, 0) is 14.3 Å². The van der Waals surface area contributed by atoms with Crippen LogP contribution < -0.4 is 14.2 Å². The normalized spacial score (nSPS) is 9.74. The van der Waals surface area contributed by atoms with E-state index in [-0.39, 0.29) is 19.2 Å². The Morgan fingerprint density at radius 1 is 0.829 bits per heavy atom. The van der Waals surface area contributed by atoms with Crippen LogP contribution in [0, 0.1) is 11.8 Å². The standard InChI is InChI=1S/C29H24O6/c1-4-24(30)19-33-25-13-8-21(9-14-25)6-7-22-10-17-27(28(18-22)32-3)23-11-15-26(16-12-23)34-20-35-29(31)5-2/h4-5,8-18H,1-2,19-20H2,3H3. The van der Waals surface area contributed by atoms with Gasteiger partial charge in [0.2, 0.25) is 6.79 Å². The molecular formula is C29H24O6. The first-order valence-electron chi connectivity index (χ1n) is 10.6. The summed E-state index contributed by atoms with van der Waals surface area (Å²) in [7, 11) is 1.61. The number of ketones is 1. The van der Waals surface area contributed by atoms with E-state index in [9.17, 15) is 9.59 Å². The molecule has 0 radical (unpaired) electrons. The molecule has 0 aliphatic heterocycles. The van der Waals surface area contributed by atoms with Gasteiger partial charge in [-0.1, -0.05) is 37.1 Å². The molecule has 0 amide bonds. The SMILES string of the molecule is C=CC(=O)COc1ccc(C#Cc2ccc(-c3ccc(OCOC(=O)C=C)cc3)c(OC)c2)cc1. The first kappa shape index (κ1) is 24.9. The van der Waals surface area contributed by atoms with Gasteiger partial charge in [0.25, 0.3) is 0 Å². The second-order valence-corrected chi connectivity index (χ2v) is 7.10. The van der Waals surface area contributed by atoms with Crippen LogP contribution in [0.25, 0.3) is 11.1 Å². The van der Waals surface area contributed by atoms with Gasteiger partial charge in [-0.25, -0.2) is 4.79 Å². The molecule has 176 valence electrons. The summed E-state index contributed by atoms with van der Waals surface area (Å²) in [6.45, 7) is 6.52. The minimum absolute atomic E-state index is 0.0401. The molecule has 0 aromatic heterocycles. The first-order chi connectivity index (χ1) is 17.0. The Kier molecular flexibility index (Phi) is 8.86. The number of methoxy groups -OCH3 is 1. The molecule has 3 aromatic carbocycles. The molecule has 35 heavy (non-hydrogen) atoms. The van der Waals surface area contributed by atoms with Crippen molar-refractivity contribution in [2.75, 3.05) is 20.5 Å². The third-order valence-corrected chi connectivity index (χ3v) is 4.77. The third-order valence-electron chi connectivity index (χ3n) is 4.77. The maximum Gasteiger partial charge on any atom is 0.333 e. The van der Waals surface area contributed by atoms with Crippen molar-refractivity contribution in [2.45, 2.75) is 0 Å². The molecule has 6 nitrogen and oxygen atoms in total. The summed E-state index contributed by atoms with van der Waals surface area (Å²) in [5.41, 5.74) is 3.44. The molecular weight excluding hydrogens is 444 g/mol. The van der Waals surface area contributed by atoms with E-state index in [1.165, 1.54) is 6.08 Å². The molecule has 0 heterocycles. The molecule has 0 unspecified atom stereocenters. The predicted molar refractivity (Wildman–Crippen MR) is 133 cm³/mol. The lowest BCUT2D eigenvalue weighted by Gasteiger charge is -2.11. The summed E-state index contributed by atoms with van der Waals surface area (Å²) in [6.07, 6.45) is 2.31. The van der Waals surface area contributed by atoms with Crippen molar-refractivity contribution >= 4 is 11.8 Å². The number of carbonyl (C=O) groups excluding carboxylic acids is 2. The number of esters is 1. The van der Waals surface area contributed by atoms with Crippen LogP contribution in [0.2, 0.25) is 0 Å².